The monoisotopic (exact) mass is 280 g/mol. The zero-order valence-corrected chi connectivity index (χ0v) is 12.1. The zero-order chi connectivity index (χ0) is 13.2. The summed E-state index contributed by atoms with van der Waals surface area (Å²) in [6.07, 6.45) is 2.41. The van der Waals surface area contributed by atoms with E-state index in [1.165, 1.54) is 12.8 Å². The van der Waals surface area contributed by atoms with Gasteiger partial charge in [-0.15, -0.1) is 0 Å². The summed E-state index contributed by atoms with van der Waals surface area (Å²) >= 11 is 0. The average molecular weight is 280 g/mol. The standard InChI is InChI=1S/C13H20N4OS/c1-2-14-11-9-12(16-13(15-11)10-3-4-10)17-5-7-19(18)8-6-17/h9-10H,2-8H2,1H3,(H,14,15,16). The van der Waals surface area contributed by atoms with Crippen molar-refractivity contribution in [3.63, 3.8) is 0 Å². The van der Waals surface area contributed by atoms with Crippen LogP contribution in [-0.4, -0.2) is 45.3 Å². The zero-order valence-electron chi connectivity index (χ0n) is 11.3. The lowest BCUT2D eigenvalue weighted by Crippen LogP contribution is -2.38. The van der Waals surface area contributed by atoms with E-state index in [2.05, 4.69) is 22.1 Å². The second-order valence-electron chi connectivity index (χ2n) is 5.11. The fourth-order valence-corrected chi connectivity index (χ4v) is 3.33. The van der Waals surface area contributed by atoms with Crippen molar-refractivity contribution in [3.05, 3.63) is 11.9 Å². The molecule has 0 unspecified atom stereocenters. The van der Waals surface area contributed by atoms with Crippen LogP contribution >= 0.6 is 0 Å². The van der Waals surface area contributed by atoms with Gasteiger partial charge >= 0.3 is 0 Å². The van der Waals surface area contributed by atoms with E-state index in [-0.39, 0.29) is 0 Å². The summed E-state index contributed by atoms with van der Waals surface area (Å²) in [6, 6.07) is 2.02. The molecule has 2 fully saturated rings. The number of hydrogen-bond donors (Lipinski definition) is 1. The van der Waals surface area contributed by atoms with Gasteiger partial charge in [-0.2, -0.15) is 0 Å². The minimum absolute atomic E-state index is 0.552. The molecule has 1 aromatic heterocycles. The highest BCUT2D eigenvalue weighted by atomic mass is 32.2. The summed E-state index contributed by atoms with van der Waals surface area (Å²) in [5.41, 5.74) is 0. The predicted octanol–water partition coefficient (Wildman–Crippen LogP) is 1.35. The Bertz CT molecular complexity index is 480. The summed E-state index contributed by atoms with van der Waals surface area (Å²) in [5.74, 6) is 4.93. The van der Waals surface area contributed by atoms with Crippen LogP contribution in [0, 0.1) is 0 Å². The molecule has 1 N–H and O–H groups in total. The highest BCUT2D eigenvalue weighted by molar-refractivity contribution is 7.85. The smallest absolute Gasteiger partial charge is 0.136 e. The Morgan fingerprint density at radius 2 is 2.11 bits per heavy atom. The van der Waals surface area contributed by atoms with Crippen molar-refractivity contribution in [1.82, 2.24) is 9.97 Å². The molecule has 0 bridgehead atoms. The lowest BCUT2D eigenvalue weighted by Gasteiger charge is -2.27. The quantitative estimate of drug-likeness (QED) is 0.902. The van der Waals surface area contributed by atoms with Gasteiger partial charge in [-0.1, -0.05) is 0 Å². The largest absolute Gasteiger partial charge is 0.370 e. The second-order valence-corrected chi connectivity index (χ2v) is 6.81. The third-order valence-corrected chi connectivity index (χ3v) is 4.81. The Morgan fingerprint density at radius 1 is 1.37 bits per heavy atom. The highest BCUT2D eigenvalue weighted by Gasteiger charge is 2.28. The normalized spacial score (nSPS) is 20.6. The van der Waals surface area contributed by atoms with Gasteiger partial charge in [0.1, 0.15) is 17.5 Å². The molecule has 0 spiro atoms. The molecular formula is C13H20N4OS. The maximum absolute atomic E-state index is 11.4. The van der Waals surface area contributed by atoms with Crippen molar-refractivity contribution in [2.75, 3.05) is 41.4 Å². The van der Waals surface area contributed by atoms with Gasteiger partial charge in [-0.05, 0) is 19.8 Å². The van der Waals surface area contributed by atoms with E-state index < -0.39 is 10.8 Å². The van der Waals surface area contributed by atoms with E-state index in [4.69, 9.17) is 4.98 Å². The Labute approximate surface area is 116 Å². The SMILES string of the molecule is CCNc1cc(N2CCS(=O)CC2)nc(C2CC2)n1. The van der Waals surface area contributed by atoms with E-state index in [0.717, 1.165) is 48.6 Å². The van der Waals surface area contributed by atoms with Gasteiger partial charge in [-0.25, -0.2) is 9.97 Å². The van der Waals surface area contributed by atoms with Crippen LogP contribution in [0.15, 0.2) is 6.07 Å². The molecule has 2 heterocycles. The van der Waals surface area contributed by atoms with Crippen LogP contribution in [0.3, 0.4) is 0 Å². The number of anilines is 2. The molecule has 5 nitrogen and oxygen atoms in total. The topological polar surface area (TPSA) is 58.1 Å². The Balaban J connectivity index is 1.84. The first-order valence-corrected chi connectivity index (χ1v) is 8.48. The van der Waals surface area contributed by atoms with Crippen molar-refractivity contribution in [2.24, 2.45) is 0 Å². The predicted molar refractivity (Wildman–Crippen MR) is 78.3 cm³/mol. The lowest BCUT2D eigenvalue weighted by molar-refractivity contribution is 0.672. The van der Waals surface area contributed by atoms with Gasteiger partial charge in [0.25, 0.3) is 0 Å². The number of hydrogen-bond acceptors (Lipinski definition) is 5. The number of nitrogens with one attached hydrogen (secondary N) is 1. The van der Waals surface area contributed by atoms with Crippen LogP contribution in [-0.2, 0) is 10.8 Å². The van der Waals surface area contributed by atoms with Gasteiger partial charge in [0.05, 0.1) is 0 Å². The fourth-order valence-electron chi connectivity index (χ4n) is 2.28. The average Bonchev–Trinajstić information content (AvgIpc) is 3.24. The van der Waals surface area contributed by atoms with E-state index in [1.807, 2.05) is 6.07 Å². The summed E-state index contributed by atoms with van der Waals surface area (Å²) in [6.45, 7) is 4.60. The minimum Gasteiger partial charge on any atom is -0.370 e. The molecule has 104 valence electrons. The van der Waals surface area contributed by atoms with Gasteiger partial charge in [0.15, 0.2) is 0 Å². The Kier molecular flexibility index (Phi) is 3.68. The summed E-state index contributed by atoms with van der Waals surface area (Å²) in [7, 11) is -0.646. The highest BCUT2D eigenvalue weighted by Crippen LogP contribution is 2.39. The number of nitrogens with zero attached hydrogens (tertiary/aromatic N) is 3. The molecule has 1 saturated heterocycles. The first-order chi connectivity index (χ1) is 9.26. The van der Waals surface area contributed by atoms with Crippen LogP contribution in [0.5, 0.6) is 0 Å². The molecule has 19 heavy (non-hydrogen) atoms. The minimum atomic E-state index is -0.646. The van der Waals surface area contributed by atoms with Crippen LogP contribution < -0.4 is 10.2 Å². The fraction of sp³-hybridized carbons (Fsp3) is 0.692. The molecule has 1 saturated carbocycles. The van der Waals surface area contributed by atoms with Crippen molar-refractivity contribution in [3.8, 4) is 0 Å². The molecule has 1 aliphatic heterocycles. The van der Waals surface area contributed by atoms with Gasteiger partial charge in [0, 0.05) is 53.9 Å². The maximum atomic E-state index is 11.4. The van der Waals surface area contributed by atoms with Crippen LogP contribution in [0.4, 0.5) is 11.6 Å². The molecule has 1 aromatic rings. The van der Waals surface area contributed by atoms with Crippen LogP contribution in [0.1, 0.15) is 31.5 Å². The van der Waals surface area contributed by atoms with Crippen LogP contribution in [0.25, 0.3) is 0 Å². The molecule has 1 aliphatic carbocycles. The number of aromatic nitrogens is 2. The molecule has 0 atom stereocenters. The third-order valence-electron chi connectivity index (χ3n) is 3.53. The molecular weight excluding hydrogens is 260 g/mol. The summed E-state index contributed by atoms with van der Waals surface area (Å²) in [4.78, 5) is 11.5. The van der Waals surface area contributed by atoms with Gasteiger partial charge < -0.3 is 10.2 Å². The second kappa shape index (κ2) is 5.45. The number of rotatable bonds is 4. The third kappa shape index (κ3) is 3.05. The molecule has 3 rings (SSSR count). The van der Waals surface area contributed by atoms with Crippen LogP contribution in [0.2, 0.25) is 0 Å². The van der Waals surface area contributed by atoms with E-state index in [0.29, 0.717) is 5.92 Å². The maximum Gasteiger partial charge on any atom is 0.136 e. The molecule has 6 heteroatoms. The first-order valence-electron chi connectivity index (χ1n) is 6.99. The summed E-state index contributed by atoms with van der Waals surface area (Å²) < 4.78 is 11.4. The Hall–Kier alpha value is -1.17. The van der Waals surface area contributed by atoms with Gasteiger partial charge in [0.2, 0.25) is 0 Å². The Morgan fingerprint density at radius 3 is 2.74 bits per heavy atom. The van der Waals surface area contributed by atoms with E-state index in [9.17, 15) is 4.21 Å². The molecule has 0 aromatic carbocycles. The first kappa shape index (κ1) is 12.8. The van der Waals surface area contributed by atoms with Crippen molar-refractivity contribution in [2.45, 2.75) is 25.7 Å². The van der Waals surface area contributed by atoms with E-state index >= 15 is 0 Å². The van der Waals surface area contributed by atoms with Crippen molar-refractivity contribution >= 4 is 22.4 Å². The lowest BCUT2D eigenvalue weighted by atomic mass is 10.3. The van der Waals surface area contributed by atoms with Crippen molar-refractivity contribution in [1.29, 1.82) is 0 Å². The summed E-state index contributed by atoms with van der Waals surface area (Å²) in [5, 5.41) is 3.28. The molecule has 0 radical (unpaired) electrons. The molecule has 0 amide bonds. The van der Waals surface area contributed by atoms with Crippen molar-refractivity contribution < 1.29 is 4.21 Å². The molecule has 2 aliphatic rings. The van der Waals surface area contributed by atoms with Gasteiger partial charge in [-0.3, -0.25) is 4.21 Å². The van der Waals surface area contributed by atoms with E-state index in [1.54, 1.807) is 0 Å².